The zero-order chi connectivity index (χ0) is 24.9. The van der Waals surface area contributed by atoms with E-state index in [2.05, 4.69) is 5.32 Å². The van der Waals surface area contributed by atoms with E-state index < -0.39 is 0 Å². The summed E-state index contributed by atoms with van der Waals surface area (Å²) in [6.45, 7) is 2.37. The average Bonchev–Trinajstić information content (AvgIpc) is 3.54. The maximum Gasteiger partial charge on any atom is 0.261 e. The van der Waals surface area contributed by atoms with E-state index >= 15 is 0 Å². The van der Waals surface area contributed by atoms with Crippen molar-refractivity contribution in [2.24, 2.45) is 0 Å². The number of thiophene rings is 1. The first kappa shape index (κ1) is 23.5. The summed E-state index contributed by atoms with van der Waals surface area (Å²) in [7, 11) is 0. The molecular weight excluding hydrogens is 473 g/mol. The van der Waals surface area contributed by atoms with Crippen LogP contribution in [0.5, 0.6) is 5.75 Å². The second kappa shape index (κ2) is 10.6. The van der Waals surface area contributed by atoms with Crippen molar-refractivity contribution in [3.63, 3.8) is 0 Å². The third-order valence-electron chi connectivity index (χ3n) is 5.78. The quantitative estimate of drug-likeness (QED) is 0.264. The Labute approximate surface area is 212 Å². The molecule has 2 aromatic heterocycles. The molecule has 0 unspecified atom stereocenters. The standard InChI is InChI=1S/C29H24FN3O2S/c1-20-14-15-36-28(20)29(34)31-17-23-18-33(24-10-3-2-4-11-24)32-27(23)21-9-7-12-25(16-21)35-19-22-8-5-6-13-26(22)30/h2-16,18H,17,19H2,1H3,(H,31,34). The number of nitrogens with zero attached hydrogens (tertiary/aromatic N) is 2. The minimum absolute atomic E-state index is 0.108. The predicted molar refractivity (Wildman–Crippen MR) is 140 cm³/mol. The molecule has 1 N–H and O–H groups in total. The first-order chi connectivity index (χ1) is 17.6. The number of carbonyl (C=O) groups is 1. The number of halogens is 1. The molecule has 180 valence electrons. The molecular formula is C29H24FN3O2S. The molecule has 0 fully saturated rings. The van der Waals surface area contributed by atoms with Crippen molar-refractivity contribution >= 4 is 17.2 Å². The van der Waals surface area contributed by atoms with Gasteiger partial charge < -0.3 is 10.1 Å². The molecule has 0 aliphatic heterocycles. The number of para-hydroxylation sites is 1. The highest BCUT2D eigenvalue weighted by Gasteiger charge is 2.16. The monoisotopic (exact) mass is 497 g/mol. The number of ether oxygens (including phenoxy) is 1. The van der Waals surface area contributed by atoms with Crippen molar-refractivity contribution in [3.8, 4) is 22.7 Å². The predicted octanol–water partition coefficient (Wildman–Crippen LogP) is 6.56. The zero-order valence-electron chi connectivity index (χ0n) is 19.6. The third-order valence-corrected chi connectivity index (χ3v) is 6.79. The first-order valence-electron chi connectivity index (χ1n) is 11.5. The lowest BCUT2D eigenvalue weighted by molar-refractivity contribution is 0.0954. The topological polar surface area (TPSA) is 56.2 Å². The van der Waals surface area contributed by atoms with Crippen LogP contribution in [0.1, 0.15) is 26.4 Å². The smallest absolute Gasteiger partial charge is 0.261 e. The Balaban J connectivity index is 1.42. The lowest BCUT2D eigenvalue weighted by atomic mass is 10.1. The summed E-state index contributed by atoms with van der Waals surface area (Å²) in [5, 5.41) is 9.78. The Hall–Kier alpha value is -4.23. The summed E-state index contributed by atoms with van der Waals surface area (Å²) < 4.78 is 21.7. The van der Waals surface area contributed by atoms with Gasteiger partial charge in [0.2, 0.25) is 0 Å². The Bertz CT molecular complexity index is 1490. The molecule has 7 heteroatoms. The molecule has 0 aliphatic rings. The number of nitrogens with one attached hydrogen (secondary N) is 1. The third kappa shape index (κ3) is 5.21. The summed E-state index contributed by atoms with van der Waals surface area (Å²) in [4.78, 5) is 13.5. The SMILES string of the molecule is Cc1ccsc1C(=O)NCc1cn(-c2ccccc2)nc1-c1cccc(OCc2ccccc2F)c1. The summed E-state index contributed by atoms with van der Waals surface area (Å²) in [5.41, 5.74) is 4.80. The summed E-state index contributed by atoms with van der Waals surface area (Å²) in [5.74, 6) is 0.200. The van der Waals surface area contributed by atoms with E-state index in [-0.39, 0.29) is 18.3 Å². The zero-order valence-corrected chi connectivity index (χ0v) is 20.5. The van der Waals surface area contributed by atoms with E-state index in [4.69, 9.17) is 9.84 Å². The van der Waals surface area contributed by atoms with E-state index in [1.165, 1.54) is 17.4 Å². The molecule has 3 aromatic carbocycles. The molecule has 0 spiro atoms. The van der Waals surface area contributed by atoms with Crippen molar-refractivity contribution in [1.29, 1.82) is 0 Å². The molecule has 0 bridgehead atoms. The molecule has 2 heterocycles. The molecule has 0 saturated heterocycles. The molecule has 36 heavy (non-hydrogen) atoms. The van der Waals surface area contributed by atoms with Crippen LogP contribution in [0, 0.1) is 12.7 Å². The molecule has 5 nitrogen and oxygen atoms in total. The number of amides is 1. The number of benzene rings is 3. The van der Waals surface area contributed by atoms with Gasteiger partial charge >= 0.3 is 0 Å². The summed E-state index contributed by atoms with van der Waals surface area (Å²) in [6.07, 6.45) is 1.93. The van der Waals surface area contributed by atoms with Crippen molar-refractivity contribution in [3.05, 3.63) is 124 Å². The molecule has 5 aromatic rings. The second-order valence-corrected chi connectivity index (χ2v) is 9.22. The number of rotatable bonds is 8. The number of aryl methyl sites for hydroxylation is 1. The fourth-order valence-electron chi connectivity index (χ4n) is 3.87. The van der Waals surface area contributed by atoms with Crippen LogP contribution in [0.3, 0.4) is 0 Å². The van der Waals surface area contributed by atoms with E-state index in [0.717, 1.165) is 28.1 Å². The number of carbonyl (C=O) groups excluding carboxylic acids is 1. The van der Waals surface area contributed by atoms with Crippen molar-refractivity contribution < 1.29 is 13.9 Å². The Kier molecular flexibility index (Phi) is 6.91. The fraction of sp³-hybridized carbons (Fsp3) is 0.103. The van der Waals surface area contributed by atoms with Crippen molar-refractivity contribution in [1.82, 2.24) is 15.1 Å². The van der Waals surface area contributed by atoms with Crippen LogP contribution in [-0.4, -0.2) is 15.7 Å². The molecule has 0 saturated carbocycles. The highest BCUT2D eigenvalue weighted by molar-refractivity contribution is 7.12. The summed E-state index contributed by atoms with van der Waals surface area (Å²) in [6, 6.07) is 25.9. The normalized spacial score (nSPS) is 10.8. The highest BCUT2D eigenvalue weighted by Crippen LogP contribution is 2.28. The van der Waals surface area contributed by atoms with Crippen LogP contribution in [-0.2, 0) is 13.2 Å². The van der Waals surface area contributed by atoms with Gasteiger partial charge in [-0.15, -0.1) is 11.3 Å². The minimum Gasteiger partial charge on any atom is -0.489 e. The van der Waals surface area contributed by atoms with Gasteiger partial charge in [0.1, 0.15) is 18.2 Å². The molecule has 1 amide bonds. The second-order valence-electron chi connectivity index (χ2n) is 8.31. The lowest BCUT2D eigenvalue weighted by Crippen LogP contribution is -2.22. The number of hydrogen-bond acceptors (Lipinski definition) is 4. The van der Waals surface area contributed by atoms with Crippen LogP contribution in [0.25, 0.3) is 16.9 Å². The van der Waals surface area contributed by atoms with Crippen LogP contribution >= 0.6 is 11.3 Å². The largest absolute Gasteiger partial charge is 0.489 e. The molecule has 0 radical (unpaired) electrons. The average molecular weight is 498 g/mol. The minimum atomic E-state index is -0.297. The number of aromatic nitrogens is 2. The van der Waals surface area contributed by atoms with Gasteiger partial charge in [0.05, 0.1) is 16.3 Å². The van der Waals surface area contributed by atoms with Crippen molar-refractivity contribution in [2.75, 3.05) is 0 Å². The molecule has 5 rings (SSSR count). The van der Waals surface area contributed by atoms with Gasteiger partial charge in [-0.05, 0) is 54.3 Å². The van der Waals surface area contributed by atoms with Crippen LogP contribution in [0.4, 0.5) is 4.39 Å². The molecule has 0 atom stereocenters. The van der Waals surface area contributed by atoms with Gasteiger partial charge in [-0.2, -0.15) is 5.10 Å². The van der Waals surface area contributed by atoms with Gasteiger partial charge in [0.15, 0.2) is 0 Å². The van der Waals surface area contributed by atoms with Gasteiger partial charge in [-0.25, -0.2) is 9.07 Å². The van der Waals surface area contributed by atoms with Gasteiger partial charge in [0.25, 0.3) is 5.91 Å². The Morgan fingerprint density at radius 3 is 2.58 bits per heavy atom. The maximum absolute atomic E-state index is 14.0. The van der Waals surface area contributed by atoms with Crippen LogP contribution < -0.4 is 10.1 Å². The van der Waals surface area contributed by atoms with Crippen LogP contribution in [0.15, 0.2) is 96.5 Å². The number of hydrogen-bond donors (Lipinski definition) is 1. The fourth-order valence-corrected chi connectivity index (χ4v) is 4.71. The van der Waals surface area contributed by atoms with E-state index in [1.807, 2.05) is 79.2 Å². The van der Waals surface area contributed by atoms with Gasteiger partial charge in [-0.3, -0.25) is 4.79 Å². The lowest BCUT2D eigenvalue weighted by Gasteiger charge is -2.09. The van der Waals surface area contributed by atoms with E-state index in [0.29, 0.717) is 22.7 Å². The van der Waals surface area contributed by atoms with Gasteiger partial charge in [-0.1, -0.05) is 48.5 Å². The Morgan fingerprint density at radius 2 is 1.81 bits per heavy atom. The maximum atomic E-state index is 14.0. The van der Waals surface area contributed by atoms with Crippen LogP contribution in [0.2, 0.25) is 0 Å². The van der Waals surface area contributed by atoms with E-state index in [9.17, 15) is 9.18 Å². The summed E-state index contributed by atoms with van der Waals surface area (Å²) >= 11 is 1.43. The molecule has 0 aliphatic carbocycles. The Morgan fingerprint density at radius 1 is 1.00 bits per heavy atom. The van der Waals surface area contributed by atoms with Gasteiger partial charge in [0, 0.05) is 29.4 Å². The first-order valence-corrected chi connectivity index (χ1v) is 12.4. The van der Waals surface area contributed by atoms with E-state index in [1.54, 1.807) is 22.9 Å². The van der Waals surface area contributed by atoms with Crippen molar-refractivity contribution in [2.45, 2.75) is 20.1 Å². The highest BCUT2D eigenvalue weighted by atomic mass is 32.1.